The number of alkyl halides is 1. The van der Waals surface area contributed by atoms with Gasteiger partial charge in [-0.1, -0.05) is 32.6 Å². The van der Waals surface area contributed by atoms with Gasteiger partial charge in [0.25, 0.3) is 0 Å². The normalized spacial score (nSPS) is 13.9. The maximum atomic E-state index is 5.67. The second-order valence-corrected chi connectivity index (χ2v) is 7.69. The lowest BCUT2D eigenvalue weighted by molar-refractivity contribution is 0.117. The molecule has 0 amide bonds. The fourth-order valence-electron chi connectivity index (χ4n) is 2.01. The van der Waals surface area contributed by atoms with Crippen molar-refractivity contribution < 1.29 is 13.3 Å². The van der Waals surface area contributed by atoms with Gasteiger partial charge in [-0.15, -0.1) is 11.6 Å². The molecule has 0 aromatic heterocycles. The van der Waals surface area contributed by atoms with E-state index in [1.54, 1.807) is 21.3 Å². The number of hydrogen-bond acceptors (Lipinski definition) is 3. The molecule has 0 fully saturated rings. The topological polar surface area (TPSA) is 27.7 Å². The quantitative estimate of drug-likeness (QED) is 0.329. The zero-order chi connectivity index (χ0) is 13.1. The number of halogens is 1. The van der Waals surface area contributed by atoms with Crippen LogP contribution in [0.4, 0.5) is 0 Å². The monoisotopic (exact) mass is 282 g/mol. The van der Waals surface area contributed by atoms with Crippen LogP contribution in [-0.2, 0) is 13.3 Å². The van der Waals surface area contributed by atoms with Crippen molar-refractivity contribution in [3.05, 3.63) is 0 Å². The number of rotatable bonds is 11. The Hall–Kier alpha value is 0.387. The summed E-state index contributed by atoms with van der Waals surface area (Å²) in [6.45, 7) is 2.21. The molecule has 0 aromatic carbocycles. The van der Waals surface area contributed by atoms with Gasteiger partial charge < -0.3 is 13.3 Å². The SMILES string of the molecule is CCC(CCCCCCl)C[Si](OC)(OC)OC. The molecular weight excluding hydrogens is 256 g/mol. The predicted octanol–water partition coefficient (Wildman–Crippen LogP) is 3.69. The van der Waals surface area contributed by atoms with Crippen LogP contribution in [-0.4, -0.2) is 36.0 Å². The van der Waals surface area contributed by atoms with E-state index in [4.69, 9.17) is 24.9 Å². The summed E-state index contributed by atoms with van der Waals surface area (Å²) in [6, 6.07) is 0.911. The van der Waals surface area contributed by atoms with Crippen molar-refractivity contribution in [3.63, 3.8) is 0 Å². The highest BCUT2D eigenvalue weighted by molar-refractivity contribution is 6.60. The molecule has 3 nitrogen and oxygen atoms in total. The Kier molecular flexibility index (Phi) is 10.6. The Balaban J connectivity index is 4.08. The molecule has 0 aliphatic rings. The maximum Gasteiger partial charge on any atom is 0.500 e. The minimum atomic E-state index is -2.40. The summed E-state index contributed by atoms with van der Waals surface area (Å²) in [4.78, 5) is 0. The number of hydrogen-bond donors (Lipinski definition) is 0. The van der Waals surface area contributed by atoms with Crippen molar-refractivity contribution in [2.24, 2.45) is 5.92 Å². The Morgan fingerprint density at radius 1 is 1.00 bits per heavy atom. The molecule has 0 radical (unpaired) electrons. The lowest BCUT2D eigenvalue weighted by Crippen LogP contribution is -2.44. The highest BCUT2D eigenvalue weighted by Crippen LogP contribution is 2.26. The van der Waals surface area contributed by atoms with Crippen LogP contribution in [0.25, 0.3) is 0 Å². The van der Waals surface area contributed by atoms with Crippen molar-refractivity contribution in [1.82, 2.24) is 0 Å². The third-order valence-electron chi connectivity index (χ3n) is 3.30. The lowest BCUT2D eigenvalue weighted by Gasteiger charge is -2.28. The minimum absolute atomic E-state index is 0.622. The van der Waals surface area contributed by atoms with E-state index in [1.807, 2.05) is 0 Å². The highest BCUT2D eigenvalue weighted by Gasteiger charge is 2.39. The van der Waals surface area contributed by atoms with Crippen LogP contribution in [0.15, 0.2) is 0 Å². The predicted molar refractivity (Wildman–Crippen MR) is 74.6 cm³/mol. The second kappa shape index (κ2) is 10.3. The molecule has 0 spiro atoms. The van der Waals surface area contributed by atoms with Gasteiger partial charge in [-0.05, 0) is 12.3 Å². The summed E-state index contributed by atoms with van der Waals surface area (Å²) in [5, 5.41) is 0. The van der Waals surface area contributed by atoms with E-state index >= 15 is 0 Å². The largest absolute Gasteiger partial charge is 0.500 e. The number of unbranched alkanes of at least 4 members (excludes halogenated alkanes) is 2. The molecule has 1 atom stereocenters. The molecule has 0 aliphatic carbocycles. The van der Waals surface area contributed by atoms with Gasteiger partial charge in [0.1, 0.15) is 0 Å². The van der Waals surface area contributed by atoms with Crippen molar-refractivity contribution in [2.75, 3.05) is 27.2 Å². The Morgan fingerprint density at radius 3 is 2.00 bits per heavy atom. The van der Waals surface area contributed by atoms with Crippen LogP contribution in [0.5, 0.6) is 0 Å². The second-order valence-electron chi connectivity index (χ2n) is 4.31. The standard InChI is InChI=1S/C12H27ClO3Si/c1-5-12(9-7-6-8-10-13)11-17(14-2,15-3)16-4/h12H,5-11H2,1-4H3. The molecule has 0 saturated carbocycles. The van der Waals surface area contributed by atoms with E-state index in [2.05, 4.69) is 6.92 Å². The van der Waals surface area contributed by atoms with Crippen LogP contribution in [0.1, 0.15) is 39.0 Å². The molecule has 0 aliphatic heterocycles. The molecule has 1 unspecified atom stereocenters. The summed E-state index contributed by atoms with van der Waals surface area (Å²) in [5.74, 6) is 1.39. The first-order valence-electron chi connectivity index (χ1n) is 6.39. The van der Waals surface area contributed by atoms with Gasteiger partial charge in [0.15, 0.2) is 0 Å². The average Bonchev–Trinajstić information content (AvgIpc) is 2.39. The van der Waals surface area contributed by atoms with Gasteiger partial charge in [0.05, 0.1) is 0 Å². The molecule has 0 saturated heterocycles. The first-order valence-corrected chi connectivity index (χ1v) is 8.86. The van der Waals surface area contributed by atoms with Gasteiger partial charge in [-0.25, -0.2) is 0 Å². The Morgan fingerprint density at radius 2 is 1.59 bits per heavy atom. The van der Waals surface area contributed by atoms with Crippen LogP contribution in [0.2, 0.25) is 6.04 Å². The molecule has 0 heterocycles. The Bertz CT molecular complexity index is 169. The minimum Gasteiger partial charge on any atom is -0.377 e. The van der Waals surface area contributed by atoms with Crippen molar-refractivity contribution >= 4 is 20.4 Å². The van der Waals surface area contributed by atoms with Crippen molar-refractivity contribution in [2.45, 2.75) is 45.1 Å². The summed E-state index contributed by atoms with van der Waals surface area (Å²) in [7, 11) is 2.64. The van der Waals surface area contributed by atoms with Crippen LogP contribution < -0.4 is 0 Å². The first-order chi connectivity index (χ1) is 8.17. The van der Waals surface area contributed by atoms with E-state index in [0.29, 0.717) is 5.92 Å². The fraction of sp³-hybridized carbons (Fsp3) is 1.00. The molecule has 0 aromatic rings. The van der Waals surface area contributed by atoms with E-state index in [1.165, 1.54) is 19.3 Å². The molecule has 0 bridgehead atoms. The molecule has 17 heavy (non-hydrogen) atoms. The van der Waals surface area contributed by atoms with Crippen LogP contribution >= 0.6 is 11.6 Å². The molecule has 0 rings (SSSR count). The molecule has 0 N–H and O–H groups in total. The van der Waals surface area contributed by atoms with Gasteiger partial charge >= 0.3 is 8.80 Å². The van der Waals surface area contributed by atoms with Gasteiger partial charge in [-0.3, -0.25) is 0 Å². The van der Waals surface area contributed by atoms with Crippen molar-refractivity contribution in [1.29, 1.82) is 0 Å². The maximum absolute atomic E-state index is 5.67. The molecule has 5 heteroatoms. The van der Waals surface area contributed by atoms with Crippen LogP contribution in [0, 0.1) is 5.92 Å². The summed E-state index contributed by atoms with van der Waals surface area (Å²) < 4.78 is 16.4. The van der Waals surface area contributed by atoms with E-state index < -0.39 is 8.80 Å². The van der Waals surface area contributed by atoms with Gasteiger partial charge in [0.2, 0.25) is 0 Å². The third-order valence-corrected chi connectivity index (χ3v) is 6.51. The summed E-state index contributed by atoms with van der Waals surface area (Å²) in [6.07, 6.45) is 5.90. The van der Waals surface area contributed by atoms with E-state index in [0.717, 1.165) is 24.8 Å². The van der Waals surface area contributed by atoms with E-state index in [9.17, 15) is 0 Å². The zero-order valence-corrected chi connectivity index (χ0v) is 13.4. The first kappa shape index (κ1) is 17.4. The van der Waals surface area contributed by atoms with E-state index in [-0.39, 0.29) is 0 Å². The zero-order valence-electron chi connectivity index (χ0n) is 11.6. The highest BCUT2D eigenvalue weighted by atomic mass is 35.5. The lowest BCUT2D eigenvalue weighted by atomic mass is 10.0. The third kappa shape index (κ3) is 6.77. The van der Waals surface area contributed by atoms with Crippen molar-refractivity contribution in [3.8, 4) is 0 Å². The molecule has 104 valence electrons. The Labute approximate surface area is 112 Å². The molecular formula is C12H27ClO3Si. The van der Waals surface area contributed by atoms with Gasteiger partial charge in [0, 0.05) is 33.3 Å². The van der Waals surface area contributed by atoms with Crippen LogP contribution in [0.3, 0.4) is 0 Å². The van der Waals surface area contributed by atoms with Gasteiger partial charge in [-0.2, -0.15) is 0 Å². The summed E-state index contributed by atoms with van der Waals surface area (Å²) in [5.41, 5.74) is 0. The fourth-order valence-corrected chi connectivity index (χ4v) is 4.40. The average molecular weight is 283 g/mol. The summed E-state index contributed by atoms with van der Waals surface area (Å²) >= 11 is 5.67. The smallest absolute Gasteiger partial charge is 0.377 e.